The molecule has 1 aromatic carbocycles. The van der Waals surface area contributed by atoms with Crippen molar-refractivity contribution in [2.24, 2.45) is 0 Å². The molecule has 0 spiro atoms. The fraction of sp³-hybridized carbons (Fsp3) is 0.167. The van der Waals surface area contributed by atoms with E-state index in [-0.39, 0.29) is 0 Å². The third-order valence-corrected chi connectivity index (χ3v) is 3.57. The van der Waals surface area contributed by atoms with Crippen LogP contribution in [-0.4, -0.2) is 14.8 Å². The molecule has 0 amide bonds. The molecule has 2 heterocycles. The van der Waals surface area contributed by atoms with E-state index in [9.17, 15) is 0 Å². The van der Waals surface area contributed by atoms with Gasteiger partial charge in [-0.2, -0.15) is 5.10 Å². The number of benzene rings is 1. The molecule has 4 heteroatoms. The van der Waals surface area contributed by atoms with E-state index in [1.165, 1.54) is 4.70 Å². The van der Waals surface area contributed by atoms with Crippen LogP contribution in [0.25, 0.3) is 16.0 Å². The Balaban J connectivity index is 2.32. The smallest absolute Gasteiger partial charge is 0.174 e. The molecule has 0 saturated carbocycles. The SMILES string of the molecule is Cc1nc2c(s1)c(C)nn2-c1ccccc1. The van der Waals surface area contributed by atoms with Gasteiger partial charge in [-0.25, -0.2) is 9.67 Å². The minimum atomic E-state index is 0.964. The Kier molecular flexibility index (Phi) is 2.04. The van der Waals surface area contributed by atoms with E-state index in [0.717, 1.165) is 22.0 Å². The third-order valence-electron chi connectivity index (χ3n) is 2.50. The van der Waals surface area contributed by atoms with Crippen molar-refractivity contribution >= 4 is 21.7 Å². The van der Waals surface area contributed by atoms with Crippen LogP contribution in [0.5, 0.6) is 0 Å². The Bertz CT molecular complexity index is 637. The molecular weight excluding hydrogens is 218 g/mol. The lowest BCUT2D eigenvalue weighted by Crippen LogP contribution is -1.96. The highest BCUT2D eigenvalue weighted by Gasteiger charge is 2.12. The van der Waals surface area contributed by atoms with Crippen molar-refractivity contribution in [1.29, 1.82) is 0 Å². The Labute approximate surface area is 97.4 Å². The van der Waals surface area contributed by atoms with Crippen LogP contribution in [0.1, 0.15) is 10.7 Å². The van der Waals surface area contributed by atoms with E-state index in [1.807, 2.05) is 48.9 Å². The van der Waals surface area contributed by atoms with Gasteiger partial charge in [-0.05, 0) is 26.0 Å². The molecule has 3 nitrogen and oxygen atoms in total. The second-order valence-corrected chi connectivity index (χ2v) is 4.92. The summed E-state index contributed by atoms with van der Waals surface area (Å²) in [7, 11) is 0. The summed E-state index contributed by atoms with van der Waals surface area (Å²) in [4.78, 5) is 4.53. The van der Waals surface area contributed by atoms with Crippen molar-refractivity contribution in [2.45, 2.75) is 13.8 Å². The fourth-order valence-corrected chi connectivity index (χ4v) is 2.63. The molecule has 0 unspecified atom stereocenters. The molecule has 0 fully saturated rings. The maximum atomic E-state index is 4.53. The molecule has 0 saturated heterocycles. The molecule has 3 rings (SSSR count). The number of fused-ring (bicyclic) bond motifs is 1. The Morgan fingerprint density at radius 3 is 2.62 bits per heavy atom. The number of rotatable bonds is 1. The van der Waals surface area contributed by atoms with Crippen molar-refractivity contribution in [2.75, 3.05) is 0 Å². The number of aryl methyl sites for hydroxylation is 2. The van der Waals surface area contributed by atoms with Gasteiger partial charge < -0.3 is 0 Å². The summed E-state index contributed by atoms with van der Waals surface area (Å²) in [5.74, 6) is 0. The quantitative estimate of drug-likeness (QED) is 0.642. The van der Waals surface area contributed by atoms with Gasteiger partial charge in [0, 0.05) is 0 Å². The summed E-state index contributed by atoms with van der Waals surface area (Å²) in [5, 5.41) is 5.61. The minimum Gasteiger partial charge on any atom is -0.222 e. The molecule has 0 aliphatic rings. The molecule has 2 aromatic heterocycles. The van der Waals surface area contributed by atoms with Crippen LogP contribution in [0, 0.1) is 13.8 Å². The first kappa shape index (κ1) is 9.54. The minimum absolute atomic E-state index is 0.964. The van der Waals surface area contributed by atoms with E-state index >= 15 is 0 Å². The number of para-hydroxylation sites is 1. The maximum absolute atomic E-state index is 4.53. The van der Waals surface area contributed by atoms with E-state index in [0.29, 0.717) is 0 Å². The van der Waals surface area contributed by atoms with Crippen LogP contribution < -0.4 is 0 Å². The van der Waals surface area contributed by atoms with Gasteiger partial charge >= 0.3 is 0 Å². The van der Waals surface area contributed by atoms with Crippen LogP contribution in [0.3, 0.4) is 0 Å². The molecule has 80 valence electrons. The molecule has 0 radical (unpaired) electrons. The van der Waals surface area contributed by atoms with E-state index in [4.69, 9.17) is 0 Å². The lowest BCUT2D eigenvalue weighted by molar-refractivity contribution is 0.876. The number of nitrogens with zero attached hydrogens (tertiary/aromatic N) is 3. The first-order valence-corrected chi connectivity index (χ1v) is 5.95. The molecule has 0 aliphatic carbocycles. The standard InChI is InChI=1S/C12H11N3S/c1-8-11-12(13-9(2)16-11)15(14-8)10-6-4-3-5-7-10/h3-7H,1-2H3. The van der Waals surface area contributed by atoms with Crippen molar-refractivity contribution in [1.82, 2.24) is 14.8 Å². The maximum Gasteiger partial charge on any atom is 0.174 e. The van der Waals surface area contributed by atoms with Gasteiger partial charge in [0.25, 0.3) is 0 Å². The molecule has 3 aromatic rings. The van der Waals surface area contributed by atoms with Crippen LogP contribution in [-0.2, 0) is 0 Å². The Morgan fingerprint density at radius 2 is 1.88 bits per heavy atom. The summed E-state index contributed by atoms with van der Waals surface area (Å²) in [6.45, 7) is 4.05. The average Bonchev–Trinajstić information content (AvgIpc) is 2.80. The van der Waals surface area contributed by atoms with Crippen LogP contribution in [0.2, 0.25) is 0 Å². The van der Waals surface area contributed by atoms with Gasteiger partial charge in [0.2, 0.25) is 0 Å². The molecule has 0 N–H and O–H groups in total. The summed E-state index contributed by atoms with van der Waals surface area (Å²) in [5.41, 5.74) is 3.07. The molecular formula is C12H11N3S. The van der Waals surface area contributed by atoms with Gasteiger partial charge in [0.15, 0.2) is 5.65 Å². The third kappa shape index (κ3) is 1.34. The second kappa shape index (κ2) is 3.42. The number of hydrogen-bond acceptors (Lipinski definition) is 3. The Hall–Kier alpha value is -1.68. The van der Waals surface area contributed by atoms with Crippen molar-refractivity contribution in [3.05, 3.63) is 41.0 Å². The largest absolute Gasteiger partial charge is 0.222 e. The molecule has 0 bridgehead atoms. The van der Waals surface area contributed by atoms with Crippen LogP contribution in [0.15, 0.2) is 30.3 Å². The lowest BCUT2D eigenvalue weighted by Gasteiger charge is -1.99. The van der Waals surface area contributed by atoms with Crippen LogP contribution in [0.4, 0.5) is 0 Å². The summed E-state index contributed by atoms with van der Waals surface area (Å²) in [6.07, 6.45) is 0. The second-order valence-electron chi connectivity index (χ2n) is 3.72. The summed E-state index contributed by atoms with van der Waals surface area (Å²) >= 11 is 1.70. The highest BCUT2D eigenvalue weighted by molar-refractivity contribution is 7.18. The zero-order valence-corrected chi connectivity index (χ0v) is 9.95. The van der Waals surface area contributed by atoms with Gasteiger partial charge in [-0.3, -0.25) is 0 Å². The molecule has 0 atom stereocenters. The predicted octanol–water partition coefficient (Wildman–Crippen LogP) is 3.10. The fourth-order valence-electron chi connectivity index (χ4n) is 1.79. The van der Waals surface area contributed by atoms with Gasteiger partial charge in [-0.1, -0.05) is 18.2 Å². The Morgan fingerprint density at radius 1 is 1.12 bits per heavy atom. The monoisotopic (exact) mass is 229 g/mol. The number of thiazole rings is 1. The predicted molar refractivity (Wildman–Crippen MR) is 66.2 cm³/mol. The topological polar surface area (TPSA) is 30.7 Å². The highest BCUT2D eigenvalue weighted by atomic mass is 32.1. The lowest BCUT2D eigenvalue weighted by atomic mass is 10.3. The van der Waals surface area contributed by atoms with Crippen molar-refractivity contribution in [3.63, 3.8) is 0 Å². The van der Waals surface area contributed by atoms with E-state index < -0.39 is 0 Å². The van der Waals surface area contributed by atoms with Gasteiger partial charge in [0.05, 0.1) is 21.1 Å². The molecule has 16 heavy (non-hydrogen) atoms. The van der Waals surface area contributed by atoms with Crippen LogP contribution >= 0.6 is 11.3 Å². The first-order valence-electron chi connectivity index (χ1n) is 5.14. The van der Waals surface area contributed by atoms with Gasteiger partial charge in [0.1, 0.15) is 0 Å². The summed E-state index contributed by atoms with van der Waals surface area (Å²) < 4.78 is 3.09. The number of hydrogen-bond donors (Lipinski definition) is 0. The number of aromatic nitrogens is 3. The van der Waals surface area contributed by atoms with Crippen molar-refractivity contribution in [3.8, 4) is 5.69 Å². The first-order chi connectivity index (χ1) is 7.75. The molecule has 0 aliphatic heterocycles. The van der Waals surface area contributed by atoms with Gasteiger partial charge in [-0.15, -0.1) is 11.3 Å². The highest BCUT2D eigenvalue weighted by Crippen LogP contribution is 2.26. The van der Waals surface area contributed by atoms with E-state index in [2.05, 4.69) is 10.1 Å². The normalized spacial score (nSPS) is 11.1. The zero-order valence-electron chi connectivity index (χ0n) is 9.14. The van der Waals surface area contributed by atoms with E-state index in [1.54, 1.807) is 11.3 Å². The zero-order chi connectivity index (χ0) is 11.1. The summed E-state index contributed by atoms with van der Waals surface area (Å²) in [6, 6.07) is 10.1. The van der Waals surface area contributed by atoms with Crippen molar-refractivity contribution < 1.29 is 0 Å². The average molecular weight is 229 g/mol.